The van der Waals surface area contributed by atoms with Gasteiger partial charge in [-0.15, -0.1) is 11.3 Å². The van der Waals surface area contributed by atoms with Gasteiger partial charge in [-0.3, -0.25) is 25.2 Å². The van der Waals surface area contributed by atoms with E-state index in [0.29, 0.717) is 14.7 Å². The molecule has 156 valence electrons. The zero-order valence-corrected chi connectivity index (χ0v) is 18.0. The van der Waals surface area contributed by atoms with E-state index in [4.69, 9.17) is 12.2 Å². The van der Waals surface area contributed by atoms with Crippen molar-refractivity contribution >= 4 is 46.1 Å². The summed E-state index contributed by atoms with van der Waals surface area (Å²) in [5, 5.41) is 8.72. The molecule has 0 fully saturated rings. The van der Waals surface area contributed by atoms with Crippen molar-refractivity contribution < 1.29 is 9.59 Å². The predicted octanol–water partition coefficient (Wildman–Crippen LogP) is 2.95. The first-order chi connectivity index (χ1) is 14.9. The molecule has 0 atom stereocenters. The largest absolute Gasteiger partial charge is 0.313 e. The van der Waals surface area contributed by atoms with Crippen LogP contribution in [0.25, 0.3) is 22.0 Å². The molecular formula is C21H17N5O3S2. The SMILES string of the molecule is Cc1ccc(-c2csc(=S)n2CC(=O)NNC(=O)c2n[nH]c(=O)c3ccccc23)cc1. The highest BCUT2D eigenvalue weighted by molar-refractivity contribution is 7.73. The van der Waals surface area contributed by atoms with Gasteiger partial charge in [0, 0.05) is 10.8 Å². The molecule has 31 heavy (non-hydrogen) atoms. The normalized spacial score (nSPS) is 10.7. The number of hydrogen-bond donors (Lipinski definition) is 3. The third-order valence-corrected chi connectivity index (χ3v) is 5.93. The summed E-state index contributed by atoms with van der Waals surface area (Å²) in [4.78, 5) is 36.9. The third kappa shape index (κ3) is 4.30. The number of rotatable bonds is 4. The van der Waals surface area contributed by atoms with Crippen LogP contribution in [0, 0.1) is 10.9 Å². The van der Waals surface area contributed by atoms with E-state index in [0.717, 1.165) is 16.8 Å². The van der Waals surface area contributed by atoms with Crippen molar-refractivity contribution in [2.75, 3.05) is 0 Å². The van der Waals surface area contributed by atoms with Crippen molar-refractivity contribution in [3.8, 4) is 11.3 Å². The van der Waals surface area contributed by atoms with Gasteiger partial charge >= 0.3 is 0 Å². The highest BCUT2D eigenvalue weighted by Gasteiger charge is 2.16. The van der Waals surface area contributed by atoms with Gasteiger partial charge < -0.3 is 4.57 Å². The number of carbonyl (C=O) groups is 2. The summed E-state index contributed by atoms with van der Waals surface area (Å²) in [6.45, 7) is 1.94. The van der Waals surface area contributed by atoms with E-state index < -0.39 is 17.4 Å². The number of amides is 2. The van der Waals surface area contributed by atoms with E-state index in [-0.39, 0.29) is 12.2 Å². The lowest BCUT2D eigenvalue weighted by Crippen LogP contribution is -2.43. The predicted molar refractivity (Wildman–Crippen MR) is 121 cm³/mol. The summed E-state index contributed by atoms with van der Waals surface area (Å²) in [5.74, 6) is -1.10. The minimum Gasteiger partial charge on any atom is -0.313 e. The number of hydrogen-bond acceptors (Lipinski definition) is 6. The van der Waals surface area contributed by atoms with Crippen LogP contribution in [-0.2, 0) is 11.3 Å². The molecule has 2 amide bonds. The van der Waals surface area contributed by atoms with Gasteiger partial charge in [0.15, 0.2) is 9.65 Å². The lowest BCUT2D eigenvalue weighted by molar-refractivity contribution is -0.122. The average Bonchev–Trinajstić information content (AvgIpc) is 3.13. The number of nitrogens with zero attached hydrogens (tertiary/aromatic N) is 2. The van der Waals surface area contributed by atoms with E-state index in [1.54, 1.807) is 28.8 Å². The number of aryl methyl sites for hydroxylation is 1. The van der Waals surface area contributed by atoms with Crippen LogP contribution in [0.3, 0.4) is 0 Å². The molecule has 0 radical (unpaired) electrons. The number of carbonyl (C=O) groups excluding carboxylic acids is 2. The maximum atomic E-state index is 12.5. The average molecular weight is 452 g/mol. The van der Waals surface area contributed by atoms with Gasteiger partial charge in [-0.05, 0) is 30.8 Å². The van der Waals surface area contributed by atoms with Crippen molar-refractivity contribution in [2.45, 2.75) is 13.5 Å². The zero-order chi connectivity index (χ0) is 22.0. The summed E-state index contributed by atoms with van der Waals surface area (Å²) >= 11 is 6.73. The fraction of sp³-hybridized carbons (Fsp3) is 0.0952. The van der Waals surface area contributed by atoms with Crippen molar-refractivity contribution in [3.63, 3.8) is 0 Å². The van der Waals surface area contributed by atoms with Gasteiger partial charge in [0.1, 0.15) is 6.54 Å². The molecule has 0 aliphatic carbocycles. The molecule has 0 bridgehead atoms. The van der Waals surface area contributed by atoms with E-state index in [1.165, 1.54) is 11.3 Å². The summed E-state index contributed by atoms with van der Waals surface area (Å²) in [6, 6.07) is 14.5. The van der Waals surface area contributed by atoms with Crippen molar-refractivity contribution in [3.05, 3.63) is 79.5 Å². The van der Waals surface area contributed by atoms with Crippen molar-refractivity contribution in [1.29, 1.82) is 0 Å². The molecule has 8 nitrogen and oxygen atoms in total. The quantitative estimate of drug-likeness (QED) is 0.327. The number of hydrazine groups is 1. The second kappa shape index (κ2) is 8.62. The van der Waals surface area contributed by atoms with Crippen molar-refractivity contribution in [1.82, 2.24) is 25.6 Å². The van der Waals surface area contributed by atoms with Gasteiger partial charge in [0.25, 0.3) is 17.4 Å². The lowest BCUT2D eigenvalue weighted by Gasteiger charge is -2.11. The van der Waals surface area contributed by atoms with Crippen LogP contribution >= 0.6 is 23.6 Å². The number of aromatic nitrogens is 3. The summed E-state index contributed by atoms with van der Waals surface area (Å²) < 4.78 is 2.25. The van der Waals surface area contributed by atoms with Crippen LogP contribution < -0.4 is 16.4 Å². The first-order valence-corrected chi connectivity index (χ1v) is 10.5. The van der Waals surface area contributed by atoms with Gasteiger partial charge in [-0.1, -0.05) is 48.0 Å². The molecule has 10 heteroatoms. The molecule has 4 aromatic rings. The molecule has 3 N–H and O–H groups in total. The minimum absolute atomic E-state index is 0.00277. The molecule has 0 saturated heterocycles. The highest BCUT2D eigenvalue weighted by atomic mass is 32.1. The Bertz CT molecular complexity index is 1400. The molecule has 2 aromatic carbocycles. The van der Waals surface area contributed by atoms with Crippen LogP contribution in [0.1, 0.15) is 16.1 Å². The standard InChI is InChI=1S/C21H17N5O3S2/c1-12-6-8-13(9-7-12)16-11-31-21(30)26(16)10-17(27)22-25-20(29)18-14-4-2-3-5-15(14)19(28)24-23-18/h2-9,11H,10H2,1H3,(H,22,27)(H,24,28)(H,25,29). The number of nitrogens with one attached hydrogen (secondary N) is 3. The first kappa shape index (κ1) is 20.6. The van der Waals surface area contributed by atoms with Gasteiger partial charge in [0.2, 0.25) is 0 Å². The van der Waals surface area contributed by atoms with Crippen LogP contribution in [0.2, 0.25) is 0 Å². The van der Waals surface area contributed by atoms with Crippen molar-refractivity contribution in [2.24, 2.45) is 0 Å². The van der Waals surface area contributed by atoms with Gasteiger partial charge in [-0.25, -0.2) is 5.10 Å². The molecule has 2 heterocycles. The Hall–Kier alpha value is -3.63. The molecule has 0 aliphatic rings. The van der Waals surface area contributed by atoms with Gasteiger partial charge in [0.05, 0.1) is 11.1 Å². The number of fused-ring (bicyclic) bond motifs is 1. The Kier molecular flexibility index (Phi) is 5.74. The van der Waals surface area contributed by atoms with Crippen LogP contribution in [-0.4, -0.2) is 26.6 Å². The Labute approximate surface area is 185 Å². The minimum atomic E-state index is -0.645. The third-order valence-electron chi connectivity index (χ3n) is 4.66. The number of benzene rings is 2. The first-order valence-electron chi connectivity index (χ1n) is 9.26. The Morgan fingerprint density at radius 3 is 2.55 bits per heavy atom. The maximum Gasteiger partial charge on any atom is 0.290 e. The summed E-state index contributed by atoms with van der Waals surface area (Å²) in [7, 11) is 0. The molecule has 2 aromatic heterocycles. The van der Waals surface area contributed by atoms with E-state index >= 15 is 0 Å². The lowest BCUT2D eigenvalue weighted by atomic mass is 10.1. The van der Waals surface area contributed by atoms with E-state index in [1.807, 2.05) is 36.6 Å². The fourth-order valence-corrected chi connectivity index (χ4v) is 4.16. The Morgan fingerprint density at radius 1 is 1.10 bits per heavy atom. The molecule has 4 rings (SSSR count). The second-order valence-electron chi connectivity index (χ2n) is 6.79. The summed E-state index contributed by atoms with van der Waals surface area (Å²) in [5.41, 5.74) is 7.23. The molecule has 0 spiro atoms. The number of aromatic amines is 1. The highest BCUT2D eigenvalue weighted by Crippen LogP contribution is 2.24. The molecular weight excluding hydrogens is 434 g/mol. The molecule has 0 unspecified atom stereocenters. The monoisotopic (exact) mass is 451 g/mol. The van der Waals surface area contributed by atoms with E-state index in [2.05, 4.69) is 21.0 Å². The van der Waals surface area contributed by atoms with E-state index in [9.17, 15) is 14.4 Å². The van der Waals surface area contributed by atoms with Crippen LogP contribution in [0.15, 0.2) is 58.7 Å². The topological polar surface area (TPSA) is 109 Å². The zero-order valence-electron chi connectivity index (χ0n) is 16.3. The second-order valence-corrected chi connectivity index (χ2v) is 8.29. The summed E-state index contributed by atoms with van der Waals surface area (Å²) in [6.07, 6.45) is 0. The Morgan fingerprint density at radius 2 is 1.81 bits per heavy atom. The molecule has 0 saturated carbocycles. The number of thiazole rings is 1. The van der Waals surface area contributed by atoms with Crippen LogP contribution in [0.4, 0.5) is 0 Å². The smallest absolute Gasteiger partial charge is 0.290 e. The van der Waals surface area contributed by atoms with Crippen LogP contribution in [0.5, 0.6) is 0 Å². The maximum absolute atomic E-state index is 12.5. The Balaban J connectivity index is 1.49. The molecule has 0 aliphatic heterocycles. The van der Waals surface area contributed by atoms with Gasteiger partial charge in [-0.2, -0.15) is 5.10 Å². The number of H-pyrrole nitrogens is 1. The fourth-order valence-electron chi connectivity index (χ4n) is 3.09.